The molecule has 0 atom stereocenters. The van der Waals surface area contributed by atoms with Crippen molar-refractivity contribution in [1.82, 2.24) is 9.97 Å². The molecule has 1 amide bonds. The molecule has 150 valence electrons. The number of aryl methyl sites for hydroxylation is 2. The highest BCUT2D eigenvalue weighted by Crippen LogP contribution is 2.40. The molecule has 0 spiro atoms. The van der Waals surface area contributed by atoms with Crippen LogP contribution in [0, 0.1) is 10.1 Å². The van der Waals surface area contributed by atoms with Gasteiger partial charge in [-0.1, -0.05) is 11.8 Å². The second-order valence-electron chi connectivity index (χ2n) is 6.42. The Kier molecular flexibility index (Phi) is 5.63. The summed E-state index contributed by atoms with van der Waals surface area (Å²) in [4.78, 5) is 34.3. The third-order valence-electron chi connectivity index (χ3n) is 4.56. The molecule has 1 aliphatic rings. The third kappa shape index (κ3) is 4.03. The van der Waals surface area contributed by atoms with Crippen LogP contribution < -0.4 is 10.1 Å². The SMILES string of the molecule is CCOc1ccc(NC(=O)CSc2ncnc3sc4c(c23)CCC4)c([N+](=O)[O-])c1. The van der Waals surface area contributed by atoms with E-state index in [0.29, 0.717) is 12.4 Å². The number of rotatable bonds is 7. The highest BCUT2D eigenvalue weighted by atomic mass is 32.2. The molecule has 8 nitrogen and oxygen atoms in total. The molecule has 0 bridgehead atoms. The van der Waals surface area contributed by atoms with Crippen molar-refractivity contribution in [3.05, 3.63) is 45.1 Å². The summed E-state index contributed by atoms with van der Waals surface area (Å²) in [6, 6.07) is 4.40. The maximum atomic E-state index is 12.5. The standard InChI is InChI=1S/C19H18N4O4S2/c1-2-27-11-6-7-13(14(8-11)23(25)26)22-16(24)9-28-18-17-12-4-3-5-15(12)29-19(17)21-10-20-18/h6-8,10H,2-5,9H2,1H3,(H,22,24). The minimum atomic E-state index is -0.534. The number of carbonyl (C=O) groups is 1. The van der Waals surface area contributed by atoms with Crippen LogP contribution in [-0.2, 0) is 17.6 Å². The number of hydrogen-bond donors (Lipinski definition) is 1. The van der Waals surface area contributed by atoms with Gasteiger partial charge < -0.3 is 10.1 Å². The zero-order valence-electron chi connectivity index (χ0n) is 15.6. The zero-order chi connectivity index (χ0) is 20.4. The molecule has 2 aromatic heterocycles. The summed E-state index contributed by atoms with van der Waals surface area (Å²) in [5, 5.41) is 15.8. The van der Waals surface area contributed by atoms with Gasteiger partial charge in [-0.15, -0.1) is 11.3 Å². The van der Waals surface area contributed by atoms with Crippen LogP contribution in [0.15, 0.2) is 29.6 Å². The predicted octanol–water partition coefficient (Wildman–Crippen LogP) is 4.22. The van der Waals surface area contributed by atoms with Crippen molar-refractivity contribution in [2.24, 2.45) is 0 Å². The Morgan fingerprint density at radius 2 is 2.24 bits per heavy atom. The number of nitrogens with zero attached hydrogens (tertiary/aromatic N) is 3. The molecule has 0 unspecified atom stereocenters. The number of benzene rings is 1. The van der Waals surface area contributed by atoms with Gasteiger partial charge in [-0.2, -0.15) is 0 Å². The first-order chi connectivity index (χ1) is 14.1. The third-order valence-corrected chi connectivity index (χ3v) is 6.75. The fourth-order valence-corrected chi connectivity index (χ4v) is 5.47. The summed E-state index contributed by atoms with van der Waals surface area (Å²) in [7, 11) is 0. The lowest BCUT2D eigenvalue weighted by atomic mass is 10.2. The van der Waals surface area contributed by atoms with Crippen molar-refractivity contribution in [2.45, 2.75) is 31.2 Å². The second-order valence-corrected chi connectivity index (χ2v) is 8.47. The number of hydrogen-bond acceptors (Lipinski definition) is 8. The van der Waals surface area contributed by atoms with E-state index in [1.54, 1.807) is 24.3 Å². The Bertz CT molecular complexity index is 1100. The van der Waals surface area contributed by atoms with Gasteiger partial charge in [-0.25, -0.2) is 9.97 Å². The molecule has 0 saturated heterocycles. The maximum Gasteiger partial charge on any atom is 0.296 e. The van der Waals surface area contributed by atoms with Crippen LogP contribution in [0.1, 0.15) is 23.8 Å². The zero-order valence-corrected chi connectivity index (χ0v) is 17.3. The lowest BCUT2D eigenvalue weighted by Crippen LogP contribution is -2.15. The van der Waals surface area contributed by atoms with Gasteiger partial charge in [-0.3, -0.25) is 14.9 Å². The number of carbonyl (C=O) groups excluding carboxylic acids is 1. The molecule has 2 heterocycles. The van der Waals surface area contributed by atoms with Gasteiger partial charge in [0, 0.05) is 10.3 Å². The molecule has 3 aromatic rings. The van der Waals surface area contributed by atoms with E-state index in [1.807, 2.05) is 0 Å². The van der Waals surface area contributed by atoms with Crippen molar-refractivity contribution < 1.29 is 14.5 Å². The van der Waals surface area contributed by atoms with Crippen LogP contribution in [0.5, 0.6) is 5.75 Å². The number of aromatic nitrogens is 2. The van der Waals surface area contributed by atoms with E-state index >= 15 is 0 Å². The lowest BCUT2D eigenvalue weighted by molar-refractivity contribution is -0.384. The van der Waals surface area contributed by atoms with Crippen LogP contribution in [0.2, 0.25) is 0 Å². The number of amides is 1. The van der Waals surface area contributed by atoms with E-state index in [0.717, 1.165) is 34.5 Å². The van der Waals surface area contributed by atoms with Gasteiger partial charge in [0.25, 0.3) is 5.69 Å². The van der Waals surface area contributed by atoms with Crippen molar-refractivity contribution in [1.29, 1.82) is 0 Å². The minimum absolute atomic E-state index is 0.0983. The lowest BCUT2D eigenvalue weighted by Gasteiger charge is -2.08. The molecule has 0 saturated carbocycles. The first kappa shape index (κ1) is 19.6. The molecular weight excluding hydrogens is 412 g/mol. The largest absolute Gasteiger partial charge is 0.494 e. The number of nitro groups is 1. The summed E-state index contributed by atoms with van der Waals surface area (Å²) in [5.74, 6) is 0.156. The monoisotopic (exact) mass is 430 g/mol. The fraction of sp³-hybridized carbons (Fsp3) is 0.316. The second kappa shape index (κ2) is 8.34. The summed E-state index contributed by atoms with van der Waals surface area (Å²) >= 11 is 3.02. The minimum Gasteiger partial charge on any atom is -0.494 e. The van der Waals surface area contributed by atoms with Gasteiger partial charge in [0.1, 0.15) is 27.6 Å². The van der Waals surface area contributed by atoms with Crippen LogP contribution in [0.3, 0.4) is 0 Å². The number of nitro benzene ring substituents is 1. The molecule has 1 aromatic carbocycles. The van der Waals surface area contributed by atoms with Crippen molar-refractivity contribution in [3.63, 3.8) is 0 Å². The normalized spacial score (nSPS) is 12.7. The number of thioether (sulfide) groups is 1. The predicted molar refractivity (Wildman–Crippen MR) is 113 cm³/mol. The Labute approximate surface area is 174 Å². The number of ether oxygens (including phenoxy) is 1. The first-order valence-electron chi connectivity index (χ1n) is 9.16. The molecule has 10 heteroatoms. The van der Waals surface area contributed by atoms with Crippen molar-refractivity contribution >= 4 is 50.6 Å². The van der Waals surface area contributed by atoms with E-state index in [2.05, 4.69) is 15.3 Å². The van der Waals surface area contributed by atoms with Gasteiger partial charge in [0.2, 0.25) is 5.91 Å². The van der Waals surface area contributed by atoms with Gasteiger partial charge in [0.05, 0.1) is 23.3 Å². The number of fused-ring (bicyclic) bond motifs is 3. The molecule has 0 fully saturated rings. The quantitative estimate of drug-likeness (QED) is 0.259. The van der Waals surface area contributed by atoms with Crippen LogP contribution in [0.4, 0.5) is 11.4 Å². The summed E-state index contributed by atoms with van der Waals surface area (Å²) in [5.41, 5.74) is 1.25. The Morgan fingerprint density at radius 1 is 1.38 bits per heavy atom. The van der Waals surface area contributed by atoms with E-state index in [9.17, 15) is 14.9 Å². The highest BCUT2D eigenvalue weighted by molar-refractivity contribution is 8.00. The Balaban J connectivity index is 1.49. The summed E-state index contributed by atoms with van der Waals surface area (Å²) < 4.78 is 5.30. The fourth-order valence-electron chi connectivity index (χ4n) is 3.35. The Morgan fingerprint density at radius 3 is 3.03 bits per heavy atom. The molecule has 4 rings (SSSR count). The van der Waals surface area contributed by atoms with Crippen LogP contribution >= 0.6 is 23.1 Å². The molecule has 1 aliphatic carbocycles. The smallest absolute Gasteiger partial charge is 0.296 e. The average molecular weight is 431 g/mol. The van der Waals surface area contributed by atoms with Crippen LogP contribution in [-0.4, -0.2) is 33.2 Å². The molecule has 1 N–H and O–H groups in total. The van der Waals surface area contributed by atoms with Gasteiger partial charge in [0.15, 0.2) is 0 Å². The van der Waals surface area contributed by atoms with E-state index < -0.39 is 4.92 Å². The van der Waals surface area contributed by atoms with E-state index in [1.165, 1.54) is 40.7 Å². The topological polar surface area (TPSA) is 107 Å². The van der Waals surface area contributed by atoms with Gasteiger partial charge in [-0.05, 0) is 43.9 Å². The van der Waals surface area contributed by atoms with Crippen LogP contribution in [0.25, 0.3) is 10.2 Å². The summed E-state index contributed by atoms with van der Waals surface area (Å²) in [6.45, 7) is 2.20. The van der Waals surface area contributed by atoms with E-state index in [-0.39, 0.29) is 23.0 Å². The average Bonchev–Trinajstić information content (AvgIpc) is 3.28. The number of nitrogens with one attached hydrogen (secondary N) is 1. The number of thiophene rings is 1. The highest BCUT2D eigenvalue weighted by Gasteiger charge is 2.22. The molecule has 0 aliphatic heterocycles. The molecule has 0 radical (unpaired) electrons. The summed E-state index contributed by atoms with van der Waals surface area (Å²) in [6.07, 6.45) is 4.74. The molecular formula is C19H18N4O4S2. The van der Waals surface area contributed by atoms with Crippen molar-refractivity contribution in [2.75, 3.05) is 17.7 Å². The van der Waals surface area contributed by atoms with Gasteiger partial charge >= 0.3 is 0 Å². The number of anilines is 1. The first-order valence-corrected chi connectivity index (χ1v) is 11.0. The Hall–Kier alpha value is -2.72. The maximum absolute atomic E-state index is 12.5. The van der Waals surface area contributed by atoms with Crippen molar-refractivity contribution in [3.8, 4) is 5.75 Å². The van der Waals surface area contributed by atoms with E-state index in [4.69, 9.17) is 4.74 Å². The molecule has 29 heavy (non-hydrogen) atoms.